The van der Waals surface area contributed by atoms with Gasteiger partial charge in [0.25, 0.3) is 0 Å². The Balaban J connectivity index is 1.45. The average Bonchev–Trinajstić information content (AvgIpc) is 3.37. The van der Waals surface area contributed by atoms with Crippen LogP contribution in [0.4, 0.5) is 23.7 Å². The number of esters is 1. The van der Waals surface area contributed by atoms with Gasteiger partial charge in [-0.05, 0) is 94.5 Å². The summed E-state index contributed by atoms with van der Waals surface area (Å²) in [4.78, 5) is 40.3. The lowest BCUT2D eigenvalue weighted by Crippen LogP contribution is -2.48. The number of ether oxygens (including phenoxy) is 3. The second-order valence-corrected chi connectivity index (χ2v) is 13.1. The molecule has 1 N–H and O–H groups in total. The molecule has 8 nitrogen and oxygen atoms in total. The van der Waals surface area contributed by atoms with Crippen LogP contribution in [0, 0.1) is 0 Å². The van der Waals surface area contributed by atoms with E-state index in [0.717, 1.165) is 11.6 Å². The number of hydrogen-bond donors (Lipinski definition) is 1. The van der Waals surface area contributed by atoms with Crippen molar-refractivity contribution in [3.63, 3.8) is 0 Å². The van der Waals surface area contributed by atoms with Gasteiger partial charge in [-0.15, -0.1) is 0 Å². The van der Waals surface area contributed by atoms with E-state index in [9.17, 15) is 27.6 Å². The summed E-state index contributed by atoms with van der Waals surface area (Å²) in [6.07, 6.45) is -5.25. The van der Waals surface area contributed by atoms with Gasteiger partial charge in [0.15, 0.2) is 0 Å². The minimum Gasteiger partial charge on any atom is -0.489 e. The summed E-state index contributed by atoms with van der Waals surface area (Å²) in [5.74, 6) is -0.732. The standard InChI is InChI=1S/C35H39F3N2O6/c1-33(2,3)45-31(42)28(39-32(43)46-34(4,5)6)20-30(41)40-17-16-24-19-25(13-15-29(24)40)44-21-22-12-14-26(23-10-8-7-9-11-23)27(18-22)35(36,37)38/h7-15,18-19,28H,16-17,20-21H2,1-6H3,(H,39,43)/t28-/m0/s1. The Labute approximate surface area is 266 Å². The molecule has 1 aliphatic rings. The molecule has 0 saturated heterocycles. The zero-order chi connectivity index (χ0) is 33.9. The van der Waals surface area contributed by atoms with Crippen LogP contribution in [0.2, 0.25) is 0 Å². The zero-order valence-corrected chi connectivity index (χ0v) is 26.8. The predicted molar refractivity (Wildman–Crippen MR) is 167 cm³/mol. The number of carbonyl (C=O) groups excluding carboxylic acids is 3. The molecule has 4 rings (SSSR count). The van der Waals surface area contributed by atoms with Crippen molar-refractivity contribution in [3.8, 4) is 16.9 Å². The molecule has 0 radical (unpaired) electrons. The maximum absolute atomic E-state index is 13.9. The lowest BCUT2D eigenvalue weighted by Gasteiger charge is -2.27. The summed E-state index contributed by atoms with van der Waals surface area (Å²) in [5, 5.41) is 2.47. The molecular formula is C35H39F3N2O6. The third kappa shape index (κ3) is 9.24. The van der Waals surface area contributed by atoms with Crippen molar-refractivity contribution in [2.45, 2.75) is 84.4 Å². The van der Waals surface area contributed by atoms with Crippen LogP contribution in [0.15, 0.2) is 66.7 Å². The predicted octanol–water partition coefficient (Wildman–Crippen LogP) is 7.47. The fourth-order valence-electron chi connectivity index (χ4n) is 4.98. The van der Waals surface area contributed by atoms with E-state index >= 15 is 0 Å². The smallest absolute Gasteiger partial charge is 0.417 e. The topological polar surface area (TPSA) is 94.2 Å². The Kier molecular flexibility index (Phi) is 10.0. The summed E-state index contributed by atoms with van der Waals surface area (Å²) in [5.41, 5.74) is -0.0644. The molecule has 0 aromatic heterocycles. The number of hydrogen-bond acceptors (Lipinski definition) is 6. The molecule has 0 bridgehead atoms. The molecule has 0 fully saturated rings. The molecule has 1 aliphatic heterocycles. The van der Waals surface area contributed by atoms with Crippen LogP contribution in [-0.4, -0.2) is 41.8 Å². The monoisotopic (exact) mass is 640 g/mol. The van der Waals surface area contributed by atoms with E-state index in [1.807, 2.05) is 0 Å². The van der Waals surface area contributed by atoms with Crippen molar-refractivity contribution >= 4 is 23.7 Å². The van der Waals surface area contributed by atoms with Crippen LogP contribution in [0.3, 0.4) is 0 Å². The van der Waals surface area contributed by atoms with Crippen LogP contribution >= 0.6 is 0 Å². The number of benzene rings is 3. The van der Waals surface area contributed by atoms with Gasteiger partial charge in [0.1, 0.15) is 29.6 Å². The molecule has 0 spiro atoms. The van der Waals surface area contributed by atoms with E-state index in [2.05, 4.69) is 5.32 Å². The first-order valence-corrected chi connectivity index (χ1v) is 14.9. The molecule has 1 heterocycles. The highest BCUT2D eigenvalue weighted by atomic mass is 19.4. The third-order valence-electron chi connectivity index (χ3n) is 6.89. The molecule has 0 unspecified atom stereocenters. The number of nitrogens with one attached hydrogen (secondary N) is 1. The maximum atomic E-state index is 13.9. The number of fused-ring (bicyclic) bond motifs is 1. The largest absolute Gasteiger partial charge is 0.489 e. The van der Waals surface area contributed by atoms with Gasteiger partial charge in [-0.25, -0.2) is 9.59 Å². The second-order valence-electron chi connectivity index (χ2n) is 13.1. The second kappa shape index (κ2) is 13.4. The van der Waals surface area contributed by atoms with Crippen LogP contribution in [0.1, 0.15) is 64.7 Å². The van der Waals surface area contributed by atoms with E-state index in [1.54, 1.807) is 96.1 Å². The quantitative estimate of drug-likeness (QED) is 0.257. The molecule has 3 aromatic rings. The van der Waals surface area contributed by atoms with E-state index in [-0.39, 0.29) is 18.6 Å². The number of carbonyl (C=O) groups is 3. The number of halogens is 3. The first-order valence-electron chi connectivity index (χ1n) is 14.9. The summed E-state index contributed by atoms with van der Waals surface area (Å²) in [6, 6.07) is 16.4. The van der Waals surface area contributed by atoms with Crippen LogP contribution in [-0.2, 0) is 38.3 Å². The summed E-state index contributed by atoms with van der Waals surface area (Å²) in [6.45, 7) is 10.3. The molecule has 0 saturated carbocycles. The molecule has 3 aromatic carbocycles. The number of nitrogens with zero attached hydrogens (tertiary/aromatic N) is 1. The van der Waals surface area contributed by atoms with Gasteiger partial charge in [-0.2, -0.15) is 13.2 Å². The molecule has 11 heteroatoms. The Morgan fingerprint density at radius 2 is 1.54 bits per heavy atom. The highest BCUT2D eigenvalue weighted by Crippen LogP contribution is 2.38. The first-order chi connectivity index (χ1) is 21.4. The van der Waals surface area contributed by atoms with E-state index in [1.165, 1.54) is 11.0 Å². The van der Waals surface area contributed by atoms with Gasteiger partial charge in [-0.3, -0.25) is 4.79 Å². The van der Waals surface area contributed by atoms with Crippen molar-refractivity contribution in [2.75, 3.05) is 11.4 Å². The van der Waals surface area contributed by atoms with Gasteiger partial charge in [-0.1, -0.05) is 42.5 Å². The number of anilines is 1. The molecule has 0 aliphatic carbocycles. The highest BCUT2D eigenvalue weighted by molar-refractivity contribution is 5.99. The lowest BCUT2D eigenvalue weighted by molar-refractivity contribution is -0.158. The minimum atomic E-state index is -4.55. The number of rotatable bonds is 8. The van der Waals surface area contributed by atoms with Gasteiger partial charge < -0.3 is 24.4 Å². The average molecular weight is 641 g/mol. The van der Waals surface area contributed by atoms with Gasteiger partial charge in [0.05, 0.1) is 12.0 Å². The van der Waals surface area contributed by atoms with Gasteiger partial charge >= 0.3 is 18.2 Å². The van der Waals surface area contributed by atoms with Crippen molar-refractivity contribution < 1.29 is 41.8 Å². The van der Waals surface area contributed by atoms with E-state index in [0.29, 0.717) is 35.5 Å². The summed E-state index contributed by atoms with van der Waals surface area (Å²) >= 11 is 0. The van der Waals surface area contributed by atoms with E-state index in [4.69, 9.17) is 14.2 Å². The fraction of sp³-hybridized carbons (Fsp3) is 0.400. The fourth-order valence-corrected chi connectivity index (χ4v) is 4.98. The van der Waals surface area contributed by atoms with Crippen LogP contribution in [0.5, 0.6) is 5.75 Å². The number of amides is 2. The Morgan fingerprint density at radius 1 is 0.870 bits per heavy atom. The molecule has 2 amide bonds. The first kappa shape index (κ1) is 34.3. The van der Waals surface area contributed by atoms with Gasteiger partial charge in [0, 0.05) is 12.2 Å². The number of alkyl carbamates (subject to hydrolysis) is 1. The maximum Gasteiger partial charge on any atom is 0.417 e. The van der Waals surface area contributed by atoms with Crippen molar-refractivity contribution in [1.82, 2.24) is 5.32 Å². The minimum absolute atomic E-state index is 0.0898. The normalized spacial score (nSPS) is 13.9. The third-order valence-corrected chi connectivity index (χ3v) is 6.89. The summed E-state index contributed by atoms with van der Waals surface area (Å²) in [7, 11) is 0. The molecule has 46 heavy (non-hydrogen) atoms. The van der Waals surface area contributed by atoms with Crippen LogP contribution < -0.4 is 15.0 Å². The summed E-state index contributed by atoms with van der Waals surface area (Å²) < 4.78 is 58.4. The Bertz CT molecular complexity index is 1580. The van der Waals surface area contributed by atoms with Gasteiger partial charge in [0.2, 0.25) is 5.91 Å². The SMILES string of the molecule is CC(C)(C)OC(=O)N[C@@H](CC(=O)N1CCc2cc(OCc3ccc(-c4ccccc4)c(C(F)(F)F)c3)ccc21)C(=O)OC(C)(C)C. The van der Waals surface area contributed by atoms with Crippen LogP contribution in [0.25, 0.3) is 11.1 Å². The lowest BCUT2D eigenvalue weighted by atomic mass is 9.97. The zero-order valence-electron chi connectivity index (χ0n) is 26.8. The molecular weight excluding hydrogens is 601 g/mol. The molecule has 246 valence electrons. The Hall–Kier alpha value is -4.54. The van der Waals surface area contributed by atoms with Crippen molar-refractivity contribution in [2.24, 2.45) is 0 Å². The van der Waals surface area contributed by atoms with Crippen molar-refractivity contribution in [1.29, 1.82) is 0 Å². The number of alkyl halides is 3. The Morgan fingerprint density at radius 3 is 2.17 bits per heavy atom. The van der Waals surface area contributed by atoms with Crippen molar-refractivity contribution in [3.05, 3.63) is 83.4 Å². The van der Waals surface area contributed by atoms with E-state index < -0.39 is 47.0 Å². The highest BCUT2D eigenvalue weighted by Gasteiger charge is 2.35. The molecule has 1 atom stereocenters.